The molecular formula is C16H19N3. The van der Waals surface area contributed by atoms with Crippen LogP contribution in [0, 0.1) is 12.3 Å². The lowest BCUT2D eigenvalue weighted by molar-refractivity contribution is 0.729. The van der Waals surface area contributed by atoms with Crippen molar-refractivity contribution in [1.29, 1.82) is 0 Å². The van der Waals surface area contributed by atoms with Crippen LogP contribution < -0.4 is 10.2 Å². The molecule has 1 N–H and O–H groups in total. The Bertz CT molecular complexity index is 598. The Balaban J connectivity index is 2.47. The molecule has 0 saturated heterocycles. The Morgan fingerprint density at radius 3 is 2.89 bits per heavy atom. The van der Waals surface area contributed by atoms with Crippen LogP contribution in [0.25, 0.3) is 10.9 Å². The number of hydrogen-bond acceptors (Lipinski definition) is 3. The molecule has 0 aliphatic carbocycles. The van der Waals surface area contributed by atoms with Crippen molar-refractivity contribution in [1.82, 2.24) is 10.3 Å². The molecular weight excluding hydrogens is 234 g/mol. The summed E-state index contributed by atoms with van der Waals surface area (Å²) in [5, 5.41) is 4.56. The zero-order valence-electron chi connectivity index (χ0n) is 11.5. The van der Waals surface area contributed by atoms with Crippen molar-refractivity contribution in [3.63, 3.8) is 0 Å². The Morgan fingerprint density at radius 1 is 1.37 bits per heavy atom. The molecule has 0 amide bonds. The molecule has 1 aromatic carbocycles. The predicted octanol–water partition coefficient (Wildman–Crippen LogP) is 2.41. The lowest BCUT2D eigenvalue weighted by atomic mass is 10.1. The largest absolute Gasteiger partial charge is 0.349 e. The van der Waals surface area contributed by atoms with Crippen LogP contribution in [0.2, 0.25) is 0 Å². The van der Waals surface area contributed by atoms with Crippen LogP contribution in [0.15, 0.2) is 30.3 Å². The number of aromatic nitrogens is 1. The van der Waals surface area contributed by atoms with Crippen LogP contribution in [0.3, 0.4) is 0 Å². The molecule has 0 aliphatic rings. The fourth-order valence-corrected chi connectivity index (χ4v) is 2.05. The molecule has 1 aromatic heterocycles. The normalized spacial score (nSPS) is 10.4. The number of fused-ring (bicyclic) bond motifs is 1. The number of rotatable bonds is 5. The number of nitrogens with zero attached hydrogens (tertiary/aromatic N) is 2. The third-order valence-corrected chi connectivity index (χ3v) is 3.07. The highest BCUT2D eigenvalue weighted by Gasteiger charge is 2.07. The van der Waals surface area contributed by atoms with E-state index in [1.807, 2.05) is 30.1 Å². The van der Waals surface area contributed by atoms with Crippen molar-refractivity contribution in [3.05, 3.63) is 35.9 Å². The fraction of sp³-hybridized carbons (Fsp3) is 0.312. The van der Waals surface area contributed by atoms with Gasteiger partial charge in [0.15, 0.2) is 0 Å². The van der Waals surface area contributed by atoms with E-state index in [2.05, 4.69) is 35.3 Å². The van der Waals surface area contributed by atoms with E-state index in [1.165, 1.54) is 10.9 Å². The van der Waals surface area contributed by atoms with Crippen LogP contribution >= 0.6 is 0 Å². The minimum atomic E-state index is 0.561. The first-order valence-electron chi connectivity index (χ1n) is 6.50. The second kappa shape index (κ2) is 6.21. The number of anilines is 1. The quantitative estimate of drug-likeness (QED) is 0.829. The van der Waals surface area contributed by atoms with Gasteiger partial charge in [-0.25, -0.2) is 4.98 Å². The Morgan fingerprint density at radius 2 is 2.16 bits per heavy atom. The van der Waals surface area contributed by atoms with Crippen molar-refractivity contribution in [2.24, 2.45) is 0 Å². The molecule has 0 saturated carbocycles. The van der Waals surface area contributed by atoms with Gasteiger partial charge in [-0.2, -0.15) is 0 Å². The van der Waals surface area contributed by atoms with Crippen LogP contribution in [-0.4, -0.2) is 25.1 Å². The fourth-order valence-electron chi connectivity index (χ4n) is 2.05. The number of pyridine rings is 1. The standard InChI is InChI=1S/C16H19N3/c1-4-10-19(3)16-11-13(12-17-5-2)14-8-6-7-9-15(14)18-16/h1,6-9,11,17H,5,10,12H2,2-3H3. The van der Waals surface area contributed by atoms with Crippen molar-refractivity contribution in [3.8, 4) is 12.3 Å². The molecule has 0 fully saturated rings. The number of nitrogens with one attached hydrogen (secondary N) is 1. The first-order valence-corrected chi connectivity index (χ1v) is 6.50. The SMILES string of the molecule is C#CCN(C)c1cc(CNCC)c2ccccc2n1. The summed E-state index contributed by atoms with van der Waals surface area (Å²) in [5.41, 5.74) is 2.27. The third kappa shape index (κ3) is 3.04. The van der Waals surface area contributed by atoms with E-state index < -0.39 is 0 Å². The average molecular weight is 253 g/mol. The molecule has 0 unspecified atom stereocenters. The van der Waals surface area contributed by atoms with Crippen molar-refractivity contribution in [2.75, 3.05) is 25.0 Å². The summed E-state index contributed by atoms with van der Waals surface area (Å²) in [6, 6.07) is 10.3. The number of hydrogen-bond donors (Lipinski definition) is 1. The van der Waals surface area contributed by atoms with Crippen LogP contribution in [0.4, 0.5) is 5.82 Å². The van der Waals surface area contributed by atoms with Gasteiger partial charge in [0.2, 0.25) is 0 Å². The third-order valence-electron chi connectivity index (χ3n) is 3.07. The van der Waals surface area contributed by atoms with Crippen LogP contribution in [0.1, 0.15) is 12.5 Å². The van der Waals surface area contributed by atoms with Crippen molar-refractivity contribution < 1.29 is 0 Å². The van der Waals surface area contributed by atoms with Gasteiger partial charge in [-0.15, -0.1) is 6.42 Å². The Labute approximate surface area is 114 Å². The van der Waals surface area contributed by atoms with Gasteiger partial charge < -0.3 is 10.2 Å². The minimum Gasteiger partial charge on any atom is -0.349 e. The molecule has 0 radical (unpaired) electrons. The number of para-hydroxylation sites is 1. The van der Waals surface area contributed by atoms with Gasteiger partial charge in [-0.05, 0) is 24.2 Å². The first-order chi connectivity index (χ1) is 9.26. The molecule has 98 valence electrons. The summed E-state index contributed by atoms with van der Waals surface area (Å²) in [4.78, 5) is 6.65. The number of terminal acetylenes is 1. The van der Waals surface area contributed by atoms with E-state index >= 15 is 0 Å². The van der Waals surface area contributed by atoms with Gasteiger partial charge in [-0.3, -0.25) is 0 Å². The Hall–Kier alpha value is -2.05. The molecule has 0 atom stereocenters. The van der Waals surface area contributed by atoms with Crippen LogP contribution in [-0.2, 0) is 6.54 Å². The van der Waals surface area contributed by atoms with E-state index in [0.717, 1.165) is 24.4 Å². The minimum absolute atomic E-state index is 0.561. The maximum atomic E-state index is 5.37. The van der Waals surface area contributed by atoms with E-state index in [-0.39, 0.29) is 0 Å². The van der Waals surface area contributed by atoms with Crippen molar-refractivity contribution in [2.45, 2.75) is 13.5 Å². The zero-order valence-corrected chi connectivity index (χ0v) is 11.5. The molecule has 2 rings (SSSR count). The highest BCUT2D eigenvalue weighted by atomic mass is 15.2. The molecule has 3 heteroatoms. The second-order valence-electron chi connectivity index (χ2n) is 4.50. The summed E-state index contributed by atoms with van der Waals surface area (Å²) < 4.78 is 0. The second-order valence-corrected chi connectivity index (χ2v) is 4.50. The topological polar surface area (TPSA) is 28.2 Å². The highest BCUT2D eigenvalue weighted by molar-refractivity contribution is 5.84. The first kappa shape index (κ1) is 13.4. The molecule has 1 heterocycles. The monoisotopic (exact) mass is 253 g/mol. The van der Waals surface area contributed by atoms with E-state index in [9.17, 15) is 0 Å². The smallest absolute Gasteiger partial charge is 0.130 e. The molecule has 3 nitrogen and oxygen atoms in total. The van der Waals surface area contributed by atoms with E-state index in [0.29, 0.717) is 6.54 Å². The summed E-state index contributed by atoms with van der Waals surface area (Å²) in [5.74, 6) is 3.57. The van der Waals surface area contributed by atoms with Gasteiger partial charge in [0.1, 0.15) is 5.82 Å². The van der Waals surface area contributed by atoms with E-state index in [1.54, 1.807) is 0 Å². The maximum Gasteiger partial charge on any atom is 0.130 e. The van der Waals surface area contributed by atoms with Gasteiger partial charge in [0.05, 0.1) is 12.1 Å². The molecule has 19 heavy (non-hydrogen) atoms. The summed E-state index contributed by atoms with van der Waals surface area (Å²) >= 11 is 0. The van der Waals surface area contributed by atoms with Gasteiger partial charge >= 0.3 is 0 Å². The van der Waals surface area contributed by atoms with Gasteiger partial charge in [0.25, 0.3) is 0 Å². The summed E-state index contributed by atoms with van der Waals surface area (Å²) in [6.45, 7) is 4.46. The lowest BCUT2D eigenvalue weighted by Gasteiger charge is -2.17. The Kier molecular flexibility index (Phi) is 4.38. The van der Waals surface area contributed by atoms with Gasteiger partial charge in [0, 0.05) is 19.0 Å². The zero-order chi connectivity index (χ0) is 13.7. The molecule has 0 spiro atoms. The number of benzene rings is 1. The molecule has 0 aliphatic heterocycles. The molecule has 2 aromatic rings. The summed E-state index contributed by atoms with van der Waals surface area (Å²) in [7, 11) is 1.97. The summed E-state index contributed by atoms with van der Waals surface area (Å²) in [6.07, 6.45) is 5.37. The average Bonchev–Trinajstić information content (AvgIpc) is 2.44. The highest BCUT2D eigenvalue weighted by Crippen LogP contribution is 2.22. The van der Waals surface area contributed by atoms with E-state index in [4.69, 9.17) is 6.42 Å². The van der Waals surface area contributed by atoms with Gasteiger partial charge in [-0.1, -0.05) is 31.0 Å². The van der Waals surface area contributed by atoms with Crippen molar-refractivity contribution >= 4 is 16.7 Å². The predicted molar refractivity (Wildman–Crippen MR) is 81.2 cm³/mol. The maximum absolute atomic E-state index is 5.37. The lowest BCUT2D eigenvalue weighted by Crippen LogP contribution is -2.19. The van der Waals surface area contributed by atoms with Crippen LogP contribution in [0.5, 0.6) is 0 Å². The molecule has 0 bridgehead atoms.